The van der Waals surface area contributed by atoms with Crippen molar-refractivity contribution in [3.63, 3.8) is 0 Å². The second-order valence-electron chi connectivity index (χ2n) is 5.06. The molecule has 3 rings (SSSR count). The van der Waals surface area contributed by atoms with Crippen molar-refractivity contribution in [2.75, 3.05) is 7.05 Å². The molecule has 2 aromatic carbocycles. The van der Waals surface area contributed by atoms with Crippen LogP contribution in [0.15, 0.2) is 48.7 Å². The standard InChI is InChI=1S/C17H16F2N2/c1-20-10-13-4-2-3-12-7-8-21(17(12)13)11-14-5-6-15(18)9-16(14)19/h2-9,20H,10-11H2,1H3. The van der Waals surface area contributed by atoms with Crippen LogP contribution < -0.4 is 5.32 Å². The van der Waals surface area contributed by atoms with Crippen LogP contribution in [0.25, 0.3) is 10.9 Å². The Balaban J connectivity index is 2.04. The van der Waals surface area contributed by atoms with Gasteiger partial charge < -0.3 is 9.88 Å². The molecule has 3 aromatic rings. The third-order valence-corrected chi connectivity index (χ3v) is 3.60. The zero-order chi connectivity index (χ0) is 14.8. The van der Waals surface area contributed by atoms with E-state index in [1.807, 2.05) is 36.0 Å². The van der Waals surface area contributed by atoms with E-state index in [1.165, 1.54) is 12.1 Å². The number of nitrogens with zero attached hydrogens (tertiary/aromatic N) is 1. The van der Waals surface area contributed by atoms with Crippen LogP contribution in [0.2, 0.25) is 0 Å². The maximum atomic E-state index is 13.8. The third-order valence-electron chi connectivity index (χ3n) is 3.60. The highest BCUT2D eigenvalue weighted by Gasteiger charge is 2.09. The fourth-order valence-corrected chi connectivity index (χ4v) is 2.64. The van der Waals surface area contributed by atoms with Gasteiger partial charge in [0.15, 0.2) is 0 Å². The molecule has 1 N–H and O–H groups in total. The van der Waals surface area contributed by atoms with Crippen molar-refractivity contribution >= 4 is 10.9 Å². The van der Waals surface area contributed by atoms with Crippen LogP contribution in [0.5, 0.6) is 0 Å². The van der Waals surface area contributed by atoms with E-state index in [0.29, 0.717) is 12.1 Å². The van der Waals surface area contributed by atoms with E-state index in [-0.39, 0.29) is 0 Å². The maximum Gasteiger partial charge on any atom is 0.131 e. The summed E-state index contributed by atoms with van der Waals surface area (Å²) in [5, 5.41) is 4.25. The fraction of sp³-hybridized carbons (Fsp3) is 0.176. The molecule has 0 aliphatic rings. The van der Waals surface area contributed by atoms with Crippen LogP contribution in [0, 0.1) is 11.6 Å². The Morgan fingerprint density at radius 2 is 1.90 bits per heavy atom. The minimum atomic E-state index is -0.551. The number of hydrogen-bond acceptors (Lipinski definition) is 1. The van der Waals surface area contributed by atoms with Crippen LogP contribution in [0.1, 0.15) is 11.1 Å². The summed E-state index contributed by atoms with van der Waals surface area (Å²) >= 11 is 0. The van der Waals surface area contributed by atoms with Crippen LogP contribution >= 0.6 is 0 Å². The molecule has 0 aliphatic carbocycles. The first kappa shape index (κ1) is 13.8. The second-order valence-corrected chi connectivity index (χ2v) is 5.06. The molecular weight excluding hydrogens is 270 g/mol. The van der Waals surface area contributed by atoms with Crippen LogP contribution in [0.3, 0.4) is 0 Å². The molecule has 0 aliphatic heterocycles. The summed E-state index contributed by atoms with van der Waals surface area (Å²) in [4.78, 5) is 0. The highest BCUT2D eigenvalue weighted by Crippen LogP contribution is 2.22. The van der Waals surface area contributed by atoms with Crippen molar-refractivity contribution in [3.05, 3.63) is 71.4 Å². The number of halogens is 2. The van der Waals surface area contributed by atoms with Crippen molar-refractivity contribution < 1.29 is 8.78 Å². The Kier molecular flexibility index (Phi) is 3.71. The molecule has 0 atom stereocenters. The number of nitrogens with one attached hydrogen (secondary N) is 1. The SMILES string of the molecule is CNCc1cccc2ccn(Cc3ccc(F)cc3F)c12. The van der Waals surface area contributed by atoms with Gasteiger partial charge in [0.1, 0.15) is 11.6 Å². The predicted molar refractivity (Wildman–Crippen MR) is 80.2 cm³/mol. The smallest absolute Gasteiger partial charge is 0.131 e. The predicted octanol–water partition coefficient (Wildman–Crippen LogP) is 3.69. The summed E-state index contributed by atoms with van der Waals surface area (Å²) in [5.74, 6) is -1.06. The Morgan fingerprint density at radius 3 is 2.67 bits per heavy atom. The molecule has 0 fully saturated rings. The summed E-state index contributed by atoms with van der Waals surface area (Å²) in [6, 6.07) is 11.8. The first-order valence-corrected chi connectivity index (χ1v) is 6.84. The van der Waals surface area contributed by atoms with E-state index in [4.69, 9.17) is 0 Å². The van der Waals surface area contributed by atoms with Gasteiger partial charge in [-0.05, 0) is 30.1 Å². The lowest BCUT2D eigenvalue weighted by molar-refractivity contribution is 0.567. The van der Waals surface area contributed by atoms with Crippen molar-refractivity contribution in [2.45, 2.75) is 13.1 Å². The van der Waals surface area contributed by atoms with E-state index < -0.39 is 11.6 Å². The van der Waals surface area contributed by atoms with E-state index in [1.54, 1.807) is 0 Å². The molecule has 0 spiro atoms. The highest BCUT2D eigenvalue weighted by atomic mass is 19.1. The molecule has 0 unspecified atom stereocenters. The van der Waals surface area contributed by atoms with Crippen molar-refractivity contribution in [2.24, 2.45) is 0 Å². The number of hydrogen-bond donors (Lipinski definition) is 1. The van der Waals surface area contributed by atoms with Gasteiger partial charge in [-0.25, -0.2) is 8.78 Å². The molecular formula is C17H16F2N2. The summed E-state index contributed by atoms with van der Waals surface area (Å²) in [6.45, 7) is 1.13. The molecule has 1 aromatic heterocycles. The first-order chi connectivity index (χ1) is 10.2. The number of aromatic nitrogens is 1. The topological polar surface area (TPSA) is 17.0 Å². The molecule has 2 nitrogen and oxygen atoms in total. The number of fused-ring (bicyclic) bond motifs is 1. The molecule has 0 radical (unpaired) electrons. The van der Waals surface area contributed by atoms with Crippen LogP contribution in [-0.4, -0.2) is 11.6 Å². The fourth-order valence-electron chi connectivity index (χ4n) is 2.64. The summed E-state index contributed by atoms with van der Waals surface area (Å²) in [7, 11) is 1.89. The van der Waals surface area contributed by atoms with Crippen molar-refractivity contribution in [3.8, 4) is 0 Å². The summed E-state index contributed by atoms with van der Waals surface area (Å²) in [5.41, 5.74) is 2.71. The monoisotopic (exact) mass is 286 g/mol. The molecule has 0 saturated heterocycles. The Hall–Kier alpha value is -2.20. The third kappa shape index (κ3) is 2.67. The first-order valence-electron chi connectivity index (χ1n) is 6.84. The Labute approximate surface area is 122 Å². The Bertz CT molecular complexity index is 778. The number of rotatable bonds is 4. The molecule has 21 heavy (non-hydrogen) atoms. The number of para-hydroxylation sites is 1. The summed E-state index contributed by atoms with van der Waals surface area (Å²) in [6.07, 6.45) is 1.94. The Morgan fingerprint density at radius 1 is 1.05 bits per heavy atom. The molecule has 108 valence electrons. The van der Waals surface area contributed by atoms with E-state index >= 15 is 0 Å². The molecule has 0 bridgehead atoms. The molecule has 0 saturated carbocycles. The maximum absolute atomic E-state index is 13.8. The van der Waals surface area contributed by atoms with Gasteiger partial charge in [0.05, 0.1) is 12.1 Å². The quantitative estimate of drug-likeness (QED) is 0.774. The van der Waals surface area contributed by atoms with Gasteiger partial charge in [0.25, 0.3) is 0 Å². The number of benzene rings is 2. The van der Waals surface area contributed by atoms with Gasteiger partial charge in [-0.1, -0.05) is 24.3 Å². The van der Waals surface area contributed by atoms with Gasteiger partial charge in [-0.3, -0.25) is 0 Å². The normalized spacial score (nSPS) is 11.2. The van der Waals surface area contributed by atoms with Gasteiger partial charge >= 0.3 is 0 Å². The van der Waals surface area contributed by atoms with Gasteiger partial charge in [-0.15, -0.1) is 0 Å². The zero-order valence-corrected chi connectivity index (χ0v) is 11.7. The van der Waals surface area contributed by atoms with E-state index in [9.17, 15) is 8.78 Å². The van der Waals surface area contributed by atoms with Gasteiger partial charge in [0.2, 0.25) is 0 Å². The van der Waals surface area contributed by atoms with E-state index in [0.717, 1.165) is 29.1 Å². The average Bonchev–Trinajstić information content (AvgIpc) is 2.87. The minimum Gasteiger partial charge on any atom is -0.343 e. The molecule has 0 amide bonds. The van der Waals surface area contributed by atoms with Crippen molar-refractivity contribution in [1.29, 1.82) is 0 Å². The zero-order valence-electron chi connectivity index (χ0n) is 11.7. The highest BCUT2D eigenvalue weighted by molar-refractivity contribution is 5.83. The minimum absolute atomic E-state index is 0.385. The molecule has 1 heterocycles. The molecule has 4 heteroatoms. The largest absolute Gasteiger partial charge is 0.343 e. The van der Waals surface area contributed by atoms with Gasteiger partial charge in [-0.2, -0.15) is 0 Å². The second kappa shape index (κ2) is 5.66. The van der Waals surface area contributed by atoms with Crippen molar-refractivity contribution in [1.82, 2.24) is 9.88 Å². The summed E-state index contributed by atoms with van der Waals surface area (Å²) < 4.78 is 28.8. The lowest BCUT2D eigenvalue weighted by Gasteiger charge is -2.10. The lowest BCUT2D eigenvalue weighted by Crippen LogP contribution is -2.08. The van der Waals surface area contributed by atoms with Gasteiger partial charge in [0, 0.05) is 24.4 Å². The lowest BCUT2D eigenvalue weighted by atomic mass is 10.1. The van der Waals surface area contributed by atoms with Crippen LogP contribution in [0.4, 0.5) is 8.78 Å². The van der Waals surface area contributed by atoms with E-state index in [2.05, 4.69) is 11.4 Å². The van der Waals surface area contributed by atoms with Crippen LogP contribution in [-0.2, 0) is 13.1 Å². The average molecular weight is 286 g/mol.